The third-order valence-corrected chi connectivity index (χ3v) is 5.27. The molecule has 1 aliphatic heterocycles. The fourth-order valence-electron chi connectivity index (χ4n) is 3.75. The minimum Gasteiger partial charge on any atom is -0.337 e. The van der Waals surface area contributed by atoms with Crippen molar-refractivity contribution in [1.82, 2.24) is 36.0 Å². The van der Waals surface area contributed by atoms with Crippen molar-refractivity contribution in [1.29, 1.82) is 0 Å². The summed E-state index contributed by atoms with van der Waals surface area (Å²) in [6, 6.07) is 13.5. The lowest BCUT2D eigenvalue weighted by Gasteiger charge is -2.24. The Kier molecular flexibility index (Phi) is 4.53. The molecule has 1 atom stereocenters. The number of fused-ring (bicyclic) bond motifs is 1. The lowest BCUT2D eigenvalue weighted by atomic mass is 10.0. The highest BCUT2D eigenvalue weighted by molar-refractivity contribution is 5.99. The predicted octanol–water partition coefficient (Wildman–Crippen LogP) is 2.84. The van der Waals surface area contributed by atoms with E-state index in [9.17, 15) is 4.79 Å². The fraction of sp³-hybridized carbons (Fsp3) is 0.238. The summed E-state index contributed by atoms with van der Waals surface area (Å²) < 4.78 is 0. The van der Waals surface area contributed by atoms with Crippen molar-refractivity contribution in [3.8, 4) is 22.6 Å². The number of piperidine rings is 1. The highest BCUT2D eigenvalue weighted by Crippen LogP contribution is 2.29. The molecule has 4 N–H and O–H groups in total. The Hall–Kier alpha value is -3.52. The zero-order chi connectivity index (χ0) is 19.6. The molecule has 5 rings (SSSR count). The molecule has 2 aromatic heterocycles. The molecule has 1 aliphatic rings. The van der Waals surface area contributed by atoms with E-state index in [0.717, 1.165) is 53.5 Å². The molecule has 0 bridgehead atoms. The predicted molar refractivity (Wildman–Crippen MR) is 110 cm³/mol. The molecule has 0 aliphatic carbocycles. The van der Waals surface area contributed by atoms with Crippen LogP contribution in [0.15, 0.2) is 48.8 Å². The first-order valence-electron chi connectivity index (χ1n) is 9.76. The normalized spacial score (nSPS) is 16.8. The number of H-pyrrole nitrogens is 2. The van der Waals surface area contributed by atoms with Crippen LogP contribution in [0.4, 0.5) is 0 Å². The number of aromatic amines is 2. The zero-order valence-corrected chi connectivity index (χ0v) is 15.8. The van der Waals surface area contributed by atoms with Crippen LogP contribution in [0.5, 0.6) is 0 Å². The van der Waals surface area contributed by atoms with Gasteiger partial charge in [-0.1, -0.05) is 12.1 Å². The van der Waals surface area contributed by atoms with Gasteiger partial charge in [-0.15, -0.1) is 0 Å². The second kappa shape index (κ2) is 7.48. The number of amides is 1. The summed E-state index contributed by atoms with van der Waals surface area (Å²) in [7, 11) is 0. The molecule has 4 aromatic rings. The van der Waals surface area contributed by atoms with Crippen molar-refractivity contribution in [3.63, 3.8) is 0 Å². The summed E-state index contributed by atoms with van der Waals surface area (Å²) >= 11 is 0. The Morgan fingerprint density at radius 3 is 2.86 bits per heavy atom. The molecule has 2 aromatic carbocycles. The van der Waals surface area contributed by atoms with Gasteiger partial charge in [0.2, 0.25) is 0 Å². The van der Waals surface area contributed by atoms with Gasteiger partial charge >= 0.3 is 0 Å². The molecule has 1 fully saturated rings. The molecule has 146 valence electrons. The maximum Gasteiger partial charge on any atom is 0.252 e. The smallest absolute Gasteiger partial charge is 0.252 e. The van der Waals surface area contributed by atoms with Crippen LogP contribution < -0.4 is 10.6 Å². The van der Waals surface area contributed by atoms with Gasteiger partial charge < -0.3 is 5.32 Å². The molecule has 0 spiro atoms. The molecular weight excluding hydrogens is 366 g/mol. The van der Waals surface area contributed by atoms with E-state index in [1.54, 1.807) is 0 Å². The number of aromatic nitrogens is 5. The van der Waals surface area contributed by atoms with Crippen LogP contribution in [0, 0.1) is 0 Å². The van der Waals surface area contributed by atoms with Crippen LogP contribution >= 0.6 is 0 Å². The van der Waals surface area contributed by atoms with Crippen LogP contribution in [0.1, 0.15) is 29.6 Å². The summed E-state index contributed by atoms with van der Waals surface area (Å²) in [6.45, 7) is 0.942. The first-order valence-corrected chi connectivity index (χ1v) is 9.76. The molecule has 1 amide bonds. The summed E-state index contributed by atoms with van der Waals surface area (Å²) in [5.41, 5.74) is 4.15. The van der Waals surface area contributed by atoms with E-state index in [-0.39, 0.29) is 12.1 Å². The summed E-state index contributed by atoms with van der Waals surface area (Å²) in [4.78, 5) is 16.9. The second-order valence-corrected chi connectivity index (χ2v) is 7.22. The zero-order valence-electron chi connectivity index (χ0n) is 15.8. The van der Waals surface area contributed by atoms with Crippen LogP contribution in [-0.4, -0.2) is 44.0 Å². The van der Waals surface area contributed by atoms with Crippen LogP contribution in [0.2, 0.25) is 0 Å². The SMILES string of the molecule is O=C(NC1CCCCN1)c1cccc(-c2n[nH]c3ccc(-c4ncn[nH]4)cc23)c1. The van der Waals surface area contributed by atoms with E-state index < -0.39 is 0 Å². The molecule has 8 heteroatoms. The fourth-order valence-corrected chi connectivity index (χ4v) is 3.75. The Balaban J connectivity index is 1.46. The number of rotatable bonds is 4. The van der Waals surface area contributed by atoms with Gasteiger partial charge in [-0.2, -0.15) is 10.2 Å². The number of carbonyl (C=O) groups excluding carboxylic acids is 1. The second-order valence-electron chi connectivity index (χ2n) is 7.22. The minimum atomic E-state index is -0.0755. The highest BCUT2D eigenvalue weighted by atomic mass is 16.1. The topological polar surface area (TPSA) is 111 Å². The van der Waals surface area contributed by atoms with E-state index in [2.05, 4.69) is 36.0 Å². The van der Waals surface area contributed by atoms with Gasteiger partial charge in [0.05, 0.1) is 17.4 Å². The number of carbonyl (C=O) groups is 1. The maximum absolute atomic E-state index is 12.7. The lowest BCUT2D eigenvalue weighted by Crippen LogP contribution is -2.47. The van der Waals surface area contributed by atoms with E-state index in [1.165, 1.54) is 6.33 Å². The van der Waals surface area contributed by atoms with Gasteiger partial charge in [0.15, 0.2) is 5.82 Å². The molecule has 0 saturated carbocycles. The van der Waals surface area contributed by atoms with Gasteiger partial charge in [-0.25, -0.2) is 4.98 Å². The molecule has 0 radical (unpaired) electrons. The molecule has 29 heavy (non-hydrogen) atoms. The van der Waals surface area contributed by atoms with E-state index in [4.69, 9.17) is 0 Å². The highest BCUT2D eigenvalue weighted by Gasteiger charge is 2.17. The van der Waals surface area contributed by atoms with Gasteiger partial charge in [0.25, 0.3) is 5.91 Å². The monoisotopic (exact) mass is 387 g/mol. The number of nitrogens with zero attached hydrogens (tertiary/aromatic N) is 3. The average molecular weight is 387 g/mol. The van der Waals surface area contributed by atoms with Crippen molar-refractivity contribution >= 4 is 16.8 Å². The van der Waals surface area contributed by atoms with Crippen molar-refractivity contribution < 1.29 is 4.79 Å². The average Bonchev–Trinajstić information content (AvgIpc) is 3.44. The summed E-state index contributed by atoms with van der Waals surface area (Å²) in [6.07, 6.45) is 4.77. The third-order valence-electron chi connectivity index (χ3n) is 5.27. The first kappa shape index (κ1) is 17.6. The Morgan fingerprint density at radius 1 is 1.07 bits per heavy atom. The summed E-state index contributed by atoms with van der Waals surface area (Å²) in [5, 5.41) is 21.7. The largest absolute Gasteiger partial charge is 0.337 e. The number of nitrogens with one attached hydrogen (secondary N) is 4. The van der Waals surface area contributed by atoms with Crippen LogP contribution in [0.25, 0.3) is 33.5 Å². The van der Waals surface area contributed by atoms with Gasteiger partial charge in [0, 0.05) is 22.1 Å². The maximum atomic E-state index is 12.7. The molecule has 8 nitrogen and oxygen atoms in total. The number of hydrogen-bond acceptors (Lipinski definition) is 5. The van der Waals surface area contributed by atoms with E-state index in [0.29, 0.717) is 11.4 Å². The van der Waals surface area contributed by atoms with E-state index >= 15 is 0 Å². The minimum absolute atomic E-state index is 0.0376. The quantitative estimate of drug-likeness (QED) is 0.430. The van der Waals surface area contributed by atoms with E-state index in [1.807, 2.05) is 42.5 Å². The van der Waals surface area contributed by atoms with Crippen molar-refractivity contribution in [2.45, 2.75) is 25.4 Å². The van der Waals surface area contributed by atoms with Crippen LogP contribution in [0.3, 0.4) is 0 Å². The number of benzene rings is 2. The standard InChI is InChI=1S/C21H21N7O/c29-21(25-18-6-1-2-9-22-18)15-5-3-4-13(10-15)19-16-11-14(20-23-12-24-28-20)7-8-17(16)26-27-19/h3-5,7-8,10-12,18,22H,1-2,6,9H2,(H,25,29)(H,26,27)(H,23,24,28). The van der Waals surface area contributed by atoms with Gasteiger partial charge in [-0.3, -0.25) is 20.3 Å². The third kappa shape index (κ3) is 3.50. The summed E-state index contributed by atoms with van der Waals surface area (Å²) in [5.74, 6) is 0.626. The molecule has 1 unspecified atom stereocenters. The molecule has 3 heterocycles. The molecule has 1 saturated heterocycles. The van der Waals surface area contributed by atoms with Crippen molar-refractivity contribution in [2.24, 2.45) is 0 Å². The van der Waals surface area contributed by atoms with Crippen molar-refractivity contribution in [3.05, 3.63) is 54.4 Å². The molecular formula is C21H21N7O. The lowest BCUT2D eigenvalue weighted by molar-refractivity contribution is 0.0921. The Labute approximate surface area is 167 Å². The van der Waals surface area contributed by atoms with Gasteiger partial charge in [0.1, 0.15) is 6.33 Å². The number of hydrogen-bond donors (Lipinski definition) is 4. The Morgan fingerprint density at radius 2 is 2.03 bits per heavy atom. The first-order chi connectivity index (χ1) is 14.3. The van der Waals surface area contributed by atoms with Crippen LogP contribution in [-0.2, 0) is 0 Å². The van der Waals surface area contributed by atoms with Crippen molar-refractivity contribution in [2.75, 3.05) is 6.54 Å². The Bertz CT molecular complexity index is 1140. The van der Waals surface area contributed by atoms with Gasteiger partial charge in [-0.05, 0) is 56.1 Å².